The molecule has 1 amide bonds. The second-order valence-corrected chi connectivity index (χ2v) is 4.96. The molecule has 0 aromatic heterocycles. The van der Waals surface area contributed by atoms with E-state index in [1.165, 1.54) is 11.0 Å². The van der Waals surface area contributed by atoms with Gasteiger partial charge in [0.05, 0.1) is 6.54 Å². The van der Waals surface area contributed by atoms with Gasteiger partial charge in [0.1, 0.15) is 11.2 Å². The van der Waals surface area contributed by atoms with Crippen molar-refractivity contribution in [1.82, 2.24) is 4.90 Å². The highest BCUT2D eigenvalue weighted by molar-refractivity contribution is 5.68. The molecular weight excluding hydrogens is 194 g/mol. The molecule has 4 nitrogen and oxygen atoms in total. The Balaban J connectivity index is 2.54. The monoisotopic (exact) mass is 213 g/mol. The molecule has 0 bridgehead atoms. The molecule has 1 N–H and O–H groups in total. The van der Waals surface area contributed by atoms with Crippen LogP contribution in [-0.2, 0) is 4.74 Å². The second kappa shape index (κ2) is 3.85. The number of rotatable bonds is 1. The van der Waals surface area contributed by atoms with E-state index in [1.807, 2.05) is 20.8 Å². The molecule has 4 heteroatoms. The molecule has 0 saturated carbocycles. The number of hydrogen-bond acceptors (Lipinski definition) is 3. The first kappa shape index (κ1) is 12.0. The van der Waals surface area contributed by atoms with Crippen LogP contribution in [0.2, 0.25) is 0 Å². The number of hydrogen-bond donors (Lipinski definition) is 1. The Labute approximate surface area is 90.5 Å². The van der Waals surface area contributed by atoms with Crippen molar-refractivity contribution < 1.29 is 14.6 Å². The predicted octanol–water partition coefficient (Wildman–Crippen LogP) is 1.54. The minimum atomic E-state index is -0.948. The van der Waals surface area contributed by atoms with Gasteiger partial charge in [0.2, 0.25) is 0 Å². The molecule has 1 aliphatic heterocycles. The smallest absolute Gasteiger partial charge is 0.410 e. The summed E-state index contributed by atoms with van der Waals surface area (Å²) < 4.78 is 5.20. The van der Waals surface area contributed by atoms with Crippen LogP contribution in [0.15, 0.2) is 12.7 Å². The number of carbonyl (C=O) groups excluding carboxylic acids is 1. The first-order chi connectivity index (χ1) is 6.76. The molecule has 0 aliphatic carbocycles. The topological polar surface area (TPSA) is 49.8 Å². The maximum absolute atomic E-state index is 11.6. The van der Waals surface area contributed by atoms with E-state index in [-0.39, 0.29) is 12.6 Å². The number of ether oxygens (including phenoxy) is 1. The summed E-state index contributed by atoms with van der Waals surface area (Å²) >= 11 is 0. The third kappa shape index (κ3) is 3.23. The van der Waals surface area contributed by atoms with Crippen LogP contribution >= 0.6 is 0 Å². The summed E-state index contributed by atoms with van der Waals surface area (Å²) in [7, 11) is 0. The van der Waals surface area contributed by atoms with Crippen LogP contribution in [0.25, 0.3) is 0 Å². The van der Waals surface area contributed by atoms with Crippen LogP contribution in [-0.4, -0.2) is 40.4 Å². The van der Waals surface area contributed by atoms with Crippen molar-refractivity contribution in [3.05, 3.63) is 12.7 Å². The van der Waals surface area contributed by atoms with Gasteiger partial charge in [-0.1, -0.05) is 6.08 Å². The summed E-state index contributed by atoms with van der Waals surface area (Å²) in [6.07, 6.45) is 1.63. The highest BCUT2D eigenvalue weighted by atomic mass is 16.6. The highest BCUT2D eigenvalue weighted by Gasteiger charge is 2.37. The maximum atomic E-state index is 11.6. The molecule has 1 heterocycles. The van der Waals surface area contributed by atoms with E-state index < -0.39 is 11.2 Å². The zero-order valence-electron chi connectivity index (χ0n) is 9.62. The van der Waals surface area contributed by atoms with E-state index in [4.69, 9.17) is 4.74 Å². The van der Waals surface area contributed by atoms with E-state index in [2.05, 4.69) is 6.58 Å². The number of carbonyl (C=O) groups is 1. The van der Waals surface area contributed by atoms with Crippen LogP contribution in [0.4, 0.5) is 4.79 Å². The first-order valence-electron chi connectivity index (χ1n) is 5.10. The number of β-amino-alcohol motifs (C(OH)–C–C–N with tert-alkyl or cyclic N) is 1. The standard InChI is InChI=1S/C11H19NO3/c1-5-11(14)6-7-12(8-11)9(13)15-10(2,3)4/h5,14H,1,6-8H2,2-4H3. The molecule has 1 rings (SSSR count). The number of amides is 1. The second-order valence-electron chi connectivity index (χ2n) is 4.96. The van der Waals surface area contributed by atoms with Gasteiger partial charge in [-0.15, -0.1) is 6.58 Å². The lowest BCUT2D eigenvalue weighted by molar-refractivity contribution is 0.0231. The molecular formula is C11H19NO3. The van der Waals surface area contributed by atoms with Crippen LogP contribution < -0.4 is 0 Å². The summed E-state index contributed by atoms with van der Waals surface area (Å²) in [5, 5.41) is 9.85. The zero-order valence-corrected chi connectivity index (χ0v) is 9.62. The van der Waals surface area contributed by atoms with E-state index >= 15 is 0 Å². The average Bonchev–Trinajstić information content (AvgIpc) is 2.46. The van der Waals surface area contributed by atoms with Crippen molar-refractivity contribution >= 4 is 6.09 Å². The molecule has 1 atom stereocenters. The lowest BCUT2D eigenvalue weighted by Crippen LogP contribution is -2.38. The molecule has 0 spiro atoms. The SMILES string of the molecule is C=CC1(O)CCN(C(=O)OC(C)(C)C)C1. The van der Waals surface area contributed by atoms with Crippen molar-refractivity contribution in [3.63, 3.8) is 0 Å². The molecule has 1 unspecified atom stereocenters. The van der Waals surface area contributed by atoms with Crippen molar-refractivity contribution in [2.24, 2.45) is 0 Å². The summed E-state index contributed by atoms with van der Waals surface area (Å²) in [5.74, 6) is 0. The van der Waals surface area contributed by atoms with Crippen molar-refractivity contribution in [1.29, 1.82) is 0 Å². The van der Waals surface area contributed by atoms with E-state index in [9.17, 15) is 9.90 Å². The normalized spacial score (nSPS) is 26.5. The van der Waals surface area contributed by atoms with Gasteiger partial charge in [-0.25, -0.2) is 4.79 Å². The maximum Gasteiger partial charge on any atom is 0.410 e. The van der Waals surface area contributed by atoms with Crippen LogP contribution in [0.1, 0.15) is 27.2 Å². The zero-order chi connectivity index (χ0) is 11.7. The average molecular weight is 213 g/mol. The molecule has 0 aromatic rings. The van der Waals surface area contributed by atoms with Gasteiger partial charge >= 0.3 is 6.09 Å². The Morgan fingerprint density at radius 3 is 2.60 bits per heavy atom. The van der Waals surface area contributed by atoms with Crippen molar-refractivity contribution in [2.45, 2.75) is 38.4 Å². The number of aliphatic hydroxyl groups is 1. The molecule has 1 fully saturated rings. The lowest BCUT2D eigenvalue weighted by Gasteiger charge is -2.25. The third-order valence-corrected chi connectivity index (χ3v) is 2.31. The van der Waals surface area contributed by atoms with Gasteiger partial charge in [-0.3, -0.25) is 0 Å². The van der Waals surface area contributed by atoms with Crippen molar-refractivity contribution in [3.8, 4) is 0 Å². The Bertz CT molecular complexity index is 269. The fourth-order valence-corrected chi connectivity index (χ4v) is 1.47. The highest BCUT2D eigenvalue weighted by Crippen LogP contribution is 2.23. The van der Waals surface area contributed by atoms with E-state index in [0.717, 1.165) is 0 Å². The van der Waals surface area contributed by atoms with Gasteiger partial charge in [0.15, 0.2) is 0 Å². The molecule has 1 aliphatic rings. The lowest BCUT2D eigenvalue weighted by atomic mass is 10.0. The summed E-state index contributed by atoms with van der Waals surface area (Å²) in [6.45, 7) is 9.79. The third-order valence-electron chi connectivity index (χ3n) is 2.31. The molecule has 1 saturated heterocycles. The molecule has 86 valence electrons. The fraction of sp³-hybridized carbons (Fsp3) is 0.727. The Hall–Kier alpha value is -1.03. The van der Waals surface area contributed by atoms with Gasteiger partial charge in [0.25, 0.3) is 0 Å². The van der Waals surface area contributed by atoms with Crippen LogP contribution in [0.3, 0.4) is 0 Å². The molecule has 0 aromatic carbocycles. The Kier molecular flexibility index (Phi) is 3.09. The summed E-state index contributed by atoms with van der Waals surface area (Å²) in [6, 6.07) is 0. The summed E-state index contributed by atoms with van der Waals surface area (Å²) in [5.41, 5.74) is -1.44. The van der Waals surface area contributed by atoms with Gasteiger partial charge < -0.3 is 14.7 Å². The first-order valence-corrected chi connectivity index (χ1v) is 5.10. The van der Waals surface area contributed by atoms with Gasteiger partial charge in [-0.2, -0.15) is 0 Å². The van der Waals surface area contributed by atoms with Gasteiger partial charge in [0, 0.05) is 6.54 Å². The van der Waals surface area contributed by atoms with E-state index in [1.54, 1.807) is 0 Å². The van der Waals surface area contributed by atoms with Gasteiger partial charge in [-0.05, 0) is 27.2 Å². The number of likely N-dealkylation sites (tertiary alicyclic amines) is 1. The minimum Gasteiger partial charge on any atom is -0.444 e. The summed E-state index contributed by atoms with van der Waals surface area (Å²) in [4.78, 5) is 13.1. The Morgan fingerprint density at radius 2 is 2.20 bits per heavy atom. The number of nitrogens with zero attached hydrogens (tertiary/aromatic N) is 1. The van der Waals surface area contributed by atoms with Crippen molar-refractivity contribution in [2.75, 3.05) is 13.1 Å². The minimum absolute atomic E-state index is 0.269. The largest absolute Gasteiger partial charge is 0.444 e. The van der Waals surface area contributed by atoms with Crippen LogP contribution in [0.5, 0.6) is 0 Å². The Morgan fingerprint density at radius 1 is 1.60 bits per heavy atom. The van der Waals surface area contributed by atoms with E-state index in [0.29, 0.717) is 13.0 Å². The van der Waals surface area contributed by atoms with Crippen LogP contribution in [0, 0.1) is 0 Å². The molecule has 0 radical (unpaired) electrons. The predicted molar refractivity (Wildman–Crippen MR) is 57.6 cm³/mol. The fourth-order valence-electron chi connectivity index (χ4n) is 1.47. The quantitative estimate of drug-likeness (QED) is 0.672. The molecule has 15 heavy (non-hydrogen) atoms.